The molecule has 1 aliphatic rings. The number of aromatic nitrogens is 2. The van der Waals surface area contributed by atoms with Crippen LogP contribution in [0.25, 0.3) is 10.8 Å². The molecular formula is C12H13F2N3O2S. The second-order valence-corrected chi connectivity index (χ2v) is 6.12. The van der Waals surface area contributed by atoms with Gasteiger partial charge in [0, 0.05) is 4.88 Å². The molecular weight excluding hydrogens is 288 g/mol. The van der Waals surface area contributed by atoms with Crippen LogP contribution in [0.4, 0.5) is 8.78 Å². The van der Waals surface area contributed by atoms with Crippen LogP contribution in [0, 0.1) is 6.92 Å². The van der Waals surface area contributed by atoms with Crippen molar-refractivity contribution in [3.63, 3.8) is 0 Å². The van der Waals surface area contributed by atoms with Crippen molar-refractivity contribution in [2.24, 2.45) is 5.73 Å². The quantitative estimate of drug-likeness (QED) is 0.939. The van der Waals surface area contributed by atoms with Gasteiger partial charge >= 0.3 is 6.61 Å². The molecule has 0 atom stereocenters. The van der Waals surface area contributed by atoms with Crippen molar-refractivity contribution in [1.82, 2.24) is 10.1 Å². The molecule has 0 aromatic carbocycles. The zero-order chi connectivity index (χ0) is 14.3. The Hall–Kier alpha value is -1.54. The van der Waals surface area contributed by atoms with Crippen LogP contribution in [-0.4, -0.2) is 16.8 Å². The molecule has 20 heavy (non-hydrogen) atoms. The number of alkyl halides is 2. The van der Waals surface area contributed by atoms with Gasteiger partial charge in [0.25, 0.3) is 5.89 Å². The normalized spacial score (nSPS) is 17.2. The first kappa shape index (κ1) is 13.4. The monoisotopic (exact) mass is 301 g/mol. The van der Waals surface area contributed by atoms with Crippen molar-refractivity contribution in [2.45, 2.75) is 38.3 Å². The third-order valence-electron chi connectivity index (χ3n) is 3.35. The number of aryl methyl sites for hydroxylation is 1. The number of hydrogen-bond acceptors (Lipinski definition) is 6. The van der Waals surface area contributed by atoms with Gasteiger partial charge in [-0.25, -0.2) is 0 Å². The van der Waals surface area contributed by atoms with Crippen LogP contribution < -0.4 is 10.5 Å². The lowest BCUT2D eigenvalue weighted by Gasteiger charge is -2.34. The number of ether oxygens (including phenoxy) is 1. The van der Waals surface area contributed by atoms with E-state index in [1.165, 1.54) is 17.4 Å². The minimum atomic E-state index is -2.89. The maximum atomic E-state index is 12.4. The molecule has 0 saturated heterocycles. The van der Waals surface area contributed by atoms with E-state index < -0.39 is 12.2 Å². The minimum Gasteiger partial charge on any atom is -0.433 e. The number of rotatable bonds is 4. The molecule has 0 aliphatic heterocycles. The molecule has 0 amide bonds. The lowest BCUT2D eigenvalue weighted by atomic mass is 9.77. The Morgan fingerprint density at radius 3 is 2.85 bits per heavy atom. The second kappa shape index (κ2) is 4.78. The van der Waals surface area contributed by atoms with E-state index in [-0.39, 0.29) is 11.6 Å². The molecule has 0 spiro atoms. The Kier molecular flexibility index (Phi) is 3.21. The van der Waals surface area contributed by atoms with E-state index in [0.717, 1.165) is 24.1 Å². The first-order valence-electron chi connectivity index (χ1n) is 6.17. The van der Waals surface area contributed by atoms with Crippen LogP contribution >= 0.6 is 11.3 Å². The summed E-state index contributed by atoms with van der Waals surface area (Å²) in [6.07, 6.45) is 2.63. The van der Waals surface area contributed by atoms with Gasteiger partial charge in [-0.05, 0) is 32.3 Å². The van der Waals surface area contributed by atoms with Crippen molar-refractivity contribution < 1.29 is 18.0 Å². The summed E-state index contributed by atoms with van der Waals surface area (Å²) in [5.41, 5.74) is 5.56. The summed E-state index contributed by atoms with van der Waals surface area (Å²) in [6, 6.07) is 1.53. The fraction of sp³-hybridized carbons (Fsp3) is 0.500. The largest absolute Gasteiger partial charge is 0.433 e. The van der Waals surface area contributed by atoms with E-state index in [2.05, 4.69) is 14.9 Å². The van der Waals surface area contributed by atoms with Crippen molar-refractivity contribution in [3.8, 4) is 16.5 Å². The Labute approximate surface area is 117 Å². The first-order chi connectivity index (χ1) is 9.48. The molecule has 1 fully saturated rings. The number of nitrogens with two attached hydrogens (primary N) is 1. The maximum absolute atomic E-state index is 12.4. The lowest BCUT2D eigenvalue weighted by Crippen LogP contribution is -2.44. The summed E-state index contributed by atoms with van der Waals surface area (Å²) in [6.45, 7) is -1.10. The van der Waals surface area contributed by atoms with Crippen LogP contribution in [-0.2, 0) is 5.54 Å². The summed E-state index contributed by atoms with van der Waals surface area (Å²) in [4.78, 5) is 5.47. The molecule has 0 radical (unpaired) electrons. The molecule has 1 aliphatic carbocycles. The average Bonchev–Trinajstić information content (AvgIpc) is 2.92. The van der Waals surface area contributed by atoms with Gasteiger partial charge in [0.1, 0.15) is 10.6 Å². The van der Waals surface area contributed by atoms with Crippen molar-refractivity contribution in [1.29, 1.82) is 0 Å². The fourth-order valence-electron chi connectivity index (χ4n) is 2.12. The van der Waals surface area contributed by atoms with Crippen LogP contribution in [0.15, 0.2) is 10.6 Å². The first-order valence-corrected chi connectivity index (χ1v) is 6.98. The number of nitrogens with zero attached hydrogens (tertiary/aromatic N) is 2. The SMILES string of the molecule is Cc1cc(OC(F)F)c(-c2nc(C3(N)CCC3)no2)s1. The number of halogens is 2. The van der Waals surface area contributed by atoms with Crippen molar-refractivity contribution >= 4 is 11.3 Å². The summed E-state index contributed by atoms with van der Waals surface area (Å²) < 4.78 is 34.4. The highest BCUT2D eigenvalue weighted by Gasteiger charge is 2.39. The molecule has 2 aromatic rings. The van der Waals surface area contributed by atoms with Crippen molar-refractivity contribution in [3.05, 3.63) is 16.8 Å². The molecule has 2 N–H and O–H groups in total. The molecule has 0 unspecified atom stereocenters. The molecule has 1 saturated carbocycles. The van der Waals surface area contributed by atoms with E-state index in [0.29, 0.717) is 10.7 Å². The highest BCUT2D eigenvalue weighted by Crippen LogP contribution is 2.41. The molecule has 108 valence electrons. The minimum absolute atomic E-state index is 0.0531. The number of thiophene rings is 1. The third-order valence-corrected chi connectivity index (χ3v) is 4.37. The smallest absolute Gasteiger partial charge is 0.387 e. The summed E-state index contributed by atoms with van der Waals surface area (Å²) >= 11 is 1.26. The van der Waals surface area contributed by atoms with Crippen LogP contribution in [0.1, 0.15) is 30.0 Å². The molecule has 0 bridgehead atoms. The molecule has 5 nitrogen and oxygen atoms in total. The fourth-order valence-corrected chi connectivity index (χ4v) is 2.99. The predicted octanol–water partition coefficient (Wildman–Crippen LogP) is 3.05. The molecule has 2 heterocycles. The number of hydrogen-bond donors (Lipinski definition) is 1. The van der Waals surface area contributed by atoms with Gasteiger partial charge in [-0.3, -0.25) is 0 Å². The van der Waals surface area contributed by atoms with Crippen LogP contribution in [0.3, 0.4) is 0 Å². The van der Waals surface area contributed by atoms with E-state index in [1.807, 2.05) is 0 Å². The summed E-state index contributed by atoms with van der Waals surface area (Å²) in [5, 5.41) is 3.87. The molecule has 3 rings (SSSR count). The Morgan fingerprint density at radius 2 is 2.25 bits per heavy atom. The van der Waals surface area contributed by atoms with E-state index >= 15 is 0 Å². The topological polar surface area (TPSA) is 74.2 Å². The third kappa shape index (κ3) is 2.29. The zero-order valence-corrected chi connectivity index (χ0v) is 11.5. The second-order valence-electron chi connectivity index (χ2n) is 4.86. The Balaban J connectivity index is 1.93. The maximum Gasteiger partial charge on any atom is 0.387 e. The average molecular weight is 301 g/mol. The highest BCUT2D eigenvalue weighted by molar-refractivity contribution is 7.15. The van der Waals surface area contributed by atoms with Gasteiger partial charge < -0.3 is 15.0 Å². The van der Waals surface area contributed by atoms with Crippen molar-refractivity contribution in [2.75, 3.05) is 0 Å². The Morgan fingerprint density at radius 1 is 1.50 bits per heavy atom. The molecule has 8 heteroatoms. The lowest BCUT2D eigenvalue weighted by molar-refractivity contribution is -0.0492. The standard InChI is InChI=1S/C12H13F2N3O2S/c1-6-5-7(18-11(13)14)8(20-6)9-16-10(17-19-9)12(15)3-2-4-12/h5,11H,2-4,15H2,1H3. The zero-order valence-electron chi connectivity index (χ0n) is 10.7. The summed E-state index contributed by atoms with van der Waals surface area (Å²) in [5.74, 6) is 0.649. The Bertz CT molecular complexity index is 622. The van der Waals surface area contributed by atoms with Crippen LogP contribution in [0.5, 0.6) is 5.75 Å². The molecule has 2 aromatic heterocycles. The van der Waals surface area contributed by atoms with E-state index in [4.69, 9.17) is 10.3 Å². The van der Waals surface area contributed by atoms with Crippen LogP contribution in [0.2, 0.25) is 0 Å². The van der Waals surface area contributed by atoms with E-state index in [1.54, 1.807) is 6.92 Å². The van der Waals surface area contributed by atoms with Gasteiger partial charge in [-0.2, -0.15) is 13.8 Å². The van der Waals surface area contributed by atoms with Gasteiger partial charge in [0.15, 0.2) is 5.82 Å². The van der Waals surface area contributed by atoms with Gasteiger partial charge in [0.2, 0.25) is 0 Å². The summed E-state index contributed by atoms with van der Waals surface area (Å²) in [7, 11) is 0. The predicted molar refractivity (Wildman–Crippen MR) is 68.7 cm³/mol. The van der Waals surface area contributed by atoms with Gasteiger partial charge in [0.05, 0.1) is 5.54 Å². The van der Waals surface area contributed by atoms with E-state index in [9.17, 15) is 8.78 Å². The van der Waals surface area contributed by atoms with Gasteiger partial charge in [-0.15, -0.1) is 11.3 Å². The highest BCUT2D eigenvalue weighted by atomic mass is 32.1. The van der Waals surface area contributed by atoms with Gasteiger partial charge in [-0.1, -0.05) is 5.16 Å².